The van der Waals surface area contributed by atoms with Crippen molar-refractivity contribution in [1.82, 2.24) is 10.2 Å². The minimum absolute atomic E-state index is 0.00976. The van der Waals surface area contributed by atoms with Gasteiger partial charge in [-0.15, -0.1) is 0 Å². The highest BCUT2D eigenvalue weighted by Crippen LogP contribution is 2.19. The summed E-state index contributed by atoms with van der Waals surface area (Å²) in [5.41, 5.74) is 0.00976. The first-order valence-electron chi connectivity index (χ1n) is 7.92. The van der Waals surface area contributed by atoms with Crippen molar-refractivity contribution >= 4 is 11.9 Å². The molecule has 1 heterocycles. The molecule has 134 valence electrons. The molecule has 0 unspecified atom stereocenters. The number of carbonyl (C=O) groups excluding carboxylic acids is 2. The molecular weight excluding hydrogens is 314 g/mol. The first kappa shape index (κ1) is 19.9. The average Bonchev–Trinajstić information content (AvgIpc) is 2.62. The summed E-state index contributed by atoms with van der Waals surface area (Å²) in [6.07, 6.45) is 2.00. The number of amides is 1. The Balaban J connectivity index is 2.53. The molecule has 1 rings (SSSR count). The molecule has 1 saturated heterocycles. The second kappa shape index (κ2) is 10.6. The van der Waals surface area contributed by atoms with E-state index in [0.717, 1.165) is 0 Å². The van der Waals surface area contributed by atoms with E-state index in [1.165, 1.54) is 20.4 Å². The van der Waals surface area contributed by atoms with E-state index in [-0.39, 0.29) is 23.4 Å². The first-order valence-corrected chi connectivity index (χ1v) is 7.92. The molecule has 1 aliphatic heterocycles. The number of hydrogen-bond donors (Lipinski definition) is 1. The Labute approximate surface area is 142 Å². The number of esters is 1. The van der Waals surface area contributed by atoms with Gasteiger partial charge in [0, 0.05) is 33.5 Å². The van der Waals surface area contributed by atoms with Gasteiger partial charge in [-0.3, -0.25) is 9.59 Å². The normalized spacial score (nSPS) is 16.0. The summed E-state index contributed by atoms with van der Waals surface area (Å²) in [7, 11) is 3.01. The second-order valence-corrected chi connectivity index (χ2v) is 5.30. The van der Waals surface area contributed by atoms with E-state index in [1.54, 1.807) is 11.8 Å². The Morgan fingerprint density at radius 3 is 2.46 bits per heavy atom. The van der Waals surface area contributed by atoms with Gasteiger partial charge >= 0.3 is 5.97 Å². The highest BCUT2D eigenvalue weighted by atomic mass is 16.7. The molecule has 0 aromatic heterocycles. The molecule has 1 fully saturated rings. The maximum absolute atomic E-state index is 12.4. The molecule has 0 spiro atoms. The van der Waals surface area contributed by atoms with Crippen LogP contribution in [0.5, 0.6) is 0 Å². The van der Waals surface area contributed by atoms with Crippen LogP contribution in [0.1, 0.15) is 19.8 Å². The van der Waals surface area contributed by atoms with Crippen LogP contribution < -0.4 is 5.32 Å². The van der Waals surface area contributed by atoms with Gasteiger partial charge in [-0.2, -0.15) is 5.26 Å². The maximum atomic E-state index is 12.4. The van der Waals surface area contributed by atoms with E-state index in [9.17, 15) is 14.9 Å². The van der Waals surface area contributed by atoms with Gasteiger partial charge in [0.05, 0.1) is 19.1 Å². The Morgan fingerprint density at radius 1 is 1.33 bits per heavy atom. The number of rotatable bonds is 8. The van der Waals surface area contributed by atoms with Crippen LogP contribution in [0.3, 0.4) is 0 Å². The standard InChI is InChI=1S/C16H25N3O5/c1-4-24-16(21)12-5-7-19(8-6-12)15(20)13(9-17)10-18-11-14(22-2)23-3/h10,12,14,18H,4-8,11H2,1-3H3/b13-10-. The average molecular weight is 339 g/mol. The van der Waals surface area contributed by atoms with Crippen molar-refractivity contribution < 1.29 is 23.8 Å². The van der Waals surface area contributed by atoms with Crippen LogP contribution in [0.15, 0.2) is 11.8 Å². The van der Waals surface area contributed by atoms with Crippen LogP contribution in [0.4, 0.5) is 0 Å². The highest BCUT2D eigenvalue weighted by molar-refractivity contribution is 5.97. The van der Waals surface area contributed by atoms with Crippen LogP contribution in [-0.4, -0.2) is 63.5 Å². The number of likely N-dealkylation sites (tertiary alicyclic amines) is 1. The third-order valence-corrected chi connectivity index (χ3v) is 3.81. The number of nitriles is 1. The Bertz CT molecular complexity index is 488. The number of carbonyl (C=O) groups is 2. The lowest BCUT2D eigenvalue weighted by Gasteiger charge is -2.30. The number of hydrogen-bond acceptors (Lipinski definition) is 7. The fraction of sp³-hybridized carbons (Fsp3) is 0.688. The molecule has 0 bridgehead atoms. The Hall–Kier alpha value is -2.11. The van der Waals surface area contributed by atoms with Gasteiger partial charge in [-0.05, 0) is 19.8 Å². The molecule has 1 amide bonds. The fourth-order valence-electron chi connectivity index (χ4n) is 2.41. The molecule has 8 heteroatoms. The summed E-state index contributed by atoms with van der Waals surface area (Å²) in [6, 6.07) is 1.90. The monoisotopic (exact) mass is 339 g/mol. The molecule has 0 aliphatic carbocycles. The molecule has 1 N–H and O–H groups in total. The van der Waals surface area contributed by atoms with Crippen molar-refractivity contribution in [1.29, 1.82) is 5.26 Å². The van der Waals surface area contributed by atoms with Gasteiger partial charge in [-0.25, -0.2) is 0 Å². The lowest BCUT2D eigenvalue weighted by molar-refractivity contribution is -0.150. The van der Waals surface area contributed by atoms with Crippen molar-refractivity contribution in [2.45, 2.75) is 26.1 Å². The molecule has 0 atom stereocenters. The number of nitrogens with one attached hydrogen (secondary N) is 1. The van der Waals surface area contributed by atoms with Gasteiger partial charge < -0.3 is 24.4 Å². The SMILES string of the molecule is CCOC(=O)C1CCN(C(=O)/C(C#N)=C\NCC(OC)OC)CC1. The predicted molar refractivity (Wildman–Crippen MR) is 85.4 cm³/mol. The molecule has 0 aromatic rings. The number of piperidine rings is 1. The summed E-state index contributed by atoms with van der Waals surface area (Å²) >= 11 is 0. The first-order chi connectivity index (χ1) is 11.6. The van der Waals surface area contributed by atoms with Crippen molar-refractivity contribution in [3.8, 4) is 6.07 Å². The maximum Gasteiger partial charge on any atom is 0.309 e. The molecule has 8 nitrogen and oxygen atoms in total. The van der Waals surface area contributed by atoms with Crippen LogP contribution in [0.2, 0.25) is 0 Å². The Kier molecular flexibility index (Phi) is 8.83. The van der Waals surface area contributed by atoms with Crippen LogP contribution in [-0.2, 0) is 23.8 Å². The number of methoxy groups -OCH3 is 2. The van der Waals surface area contributed by atoms with E-state index >= 15 is 0 Å². The minimum Gasteiger partial charge on any atom is -0.466 e. The van der Waals surface area contributed by atoms with E-state index in [0.29, 0.717) is 39.1 Å². The molecule has 0 radical (unpaired) electrons. The van der Waals surface area contributed by atoms with E-state index in [2.05, 4.69) is 5.32 Å². The van der Waals surface area contributed by atoms with Gasteiger partial charge in [0.2, 0.25) is 0 Å². The summed E-state index contributed by atoms with van der Waals surface area (Å²) in [4.78, 5) is 25.6. The summed E-state index contributed by atoms with van der Waals surface area (Å²) in [6.45, 7) is 3.30. The van der Waals surface area contributed by atoms with Crippen molar-refractivity contribution in [3.05, 3.63) is 11.8 Å². The highest BCUT2D eigenvalue weighted by Gasteiger charge is 2.29. The molecule has 24 heavy (non-hydrogen) atoms. The van der Waals surface area contributed by atoms with Gasteiger partial charge in [0.15, 0.2) is 6.29 Å². The predicted octanol–water partition coefficient (Wildman–Crippen LogP) is 0.404. The largest absolute Gasteiger partial charge is 0.466 e. The van der Waals surface area contributed by atoms with Crippen LogP contribution in [0, 0.1) is 17.2 Å². The van der Waals surface area contributed by atoms with Crippen molar-refractivity contribution in [2.24, 2.45) is 5.92 Å². The third kappa shape index (κ3) is 5.83. The lowest BCUT2D eigenvalue weighted by Crippen LogP contribution is -2.41. The van der Waals surface area contributed by atoms with E-state index in [1.807, 2.05) is 6.07 Å². The summed E-state index contributed by atoms with van der Waals surface area (Å²) in [5.74, 6) is -0.739. The van der Waals surface area contributed by atoms with Crippen molar-refractivity contribution in [3.63, 3.8) is 0 Å². The molecule has 0 aromatic carbocycles. The summed E-state index contributed by atoms with van der Waals surface area (Å²) in [5, 5.41) is 12.0. The second-order valence-electron chi connectivity index (χ2n) is 5.30. The Morgan fingerprint density at radius 2 is 1.96 bits per heavy atom. The smallest absolute Gasteiger partial charge is 0.309 e. The number of nitrogens with zero attached hydrogens (tertiary/aromatic N) is 2. The molecular formula is C16H25N3O5. The third-order valence-electron chi connectivity index (χ3n) is 3.81. The van der Waals surface area contributed by atoms with Crippen molar-refractivity contribution in [2.75, 3.05) is 40.5 Å². The molecule has 1 aliphatic rings. The van der Waals surface area contributed by atoms with Crippen LogP contribution >= 0.6 is 0 Å². The zero-order valence-corrected chi connectivity index (χ0v) is 14.4. The zero-order chi connectivity index (χ0) is 17.9. The lowest BCUT2D eigenvalue weighted by atomic mass is 9.96. The van der Waals surface area contributed by atoms with Gasteiger partial charge in [-0.1, -0.05) is 0 Å². The van der Waals surface area contributed by atoms with E-state index < -0.39 is 6.29 Å². The topological polar surface area (TPSA) is 101 Å². The zero-order valence-electron chi connectivity index (χ0n) is 14.4. The van der Waals surface area contributed by atoms with Gasteiger partial charge in [0.25, 0.3) is 5.91 Å². The van der Waals surface area contributed by atoms with E-state index in [4.69, 9.17) is 14.2 Å². The summed E-state index contributed by atoms with van der Waals surface area (Å²) < 4.78 is 15.0. The van der Waals surface area contributed by atoms with Gasteiger partial charge in [0.1, 0.15) is 11.6 Å². The fourth-order valence-corrected chi connectivity index (χ4v) is 2.41. The number of ether oxygens (including phenoxy) is 3. The molecule has 0 saturated carbocycles. The van der Waals surface area contributed by atoms with Crippen LogP contribution in [0.25, 0.3) is 0 Å². The quantitative estimate of drug-likeness (QED) is 0.296. The minimum atomic E-state index is -0.461.